The molecule has 1 amide bonds. The van der Waals surface area contributed by atoms with E-state index in [4.69, 9.17) is 4.74 Å². The van der Waals surface area contributed by atoms with Crippen molar-refractivity contribution in [2.45, 2.75) is 12.8 Å². The summed E-state index contributed by atoms with van der Waals surface area (Å²) in [6.45, 7) is 0. The number of H-pyrrole nitrogens is 1. The predicted octanol–water partition coefficient (Wildman–Crippen LogP) is 2.06. The number of rotatable bonds is 6. The first-order valence-electron chi connectivity index (χ1n) is 8.97. The van der Waals surface area contributed by atoms with Crippen LogP contribution in [-0.2, 0) is 11.8 Å². The number of hydrogen-bond acceptors (Lipinski definition) is 6. The summed E-state index contributed by atoms with van der Waals surface area (Å²) in [7, 11) is 2.92. The van der Waals surface area contributed by atoms with Gasteiger partial charge in [0.05, 0.1) is 18.5 Å². The fraction of sp³-hybridized carbons (Fsp3) is 0.263. The lowest BCUT2D eigenvalue weighted by atomic mass is 10.1. The van der Waals surface area contributed by atoms with E-state index in [0.29, 0.717) is 17.0 Å². The Bertz CT molecular complexity index is 1190. The number of aryl methyl sites for hydroxylation is 1. The van der Waals surface area contributed by atoms with Gasteiger partial charge in [-0.2, -0.15) is 0 Å². The molecule has 0 unspecified atom stereocenters. The van der Waals surface area contributed by atoms with Gasteiger partial charge in [-0.3, -0.25) is 19.4 Å². The number of aromatic nitrogens is 3. The number of fused-ring (bicyclic) bond motifs is 1. The zero-order chi connectivity index (χ0) is 20.7. The molecule has 2 heterocycles. The first kappa shape index (κ1) is 18.5. The minimum Gasteiger partial charge on any atom is -0.494 e. The molecule has 3 aromatic rings. The van der Waals surface area contributed by atoms with Gasteiger partial charge in [0.15, 0.2) is 11.4 Å². The number of nitrogens with zero attached hydrogens (tertiary/aromatic N) is 2. The van der Waals surface area contributed by atoms with Gasteiger partial charge in [-0.15, -0.1) is 0 Å². The maximum Gasteiger partial charge on any atom is 0.339 e. The summed E-state index contributed by atoms with van der Waals surface area (Å²) < 4.78 is 6.55. The van der Waals surface area contributed by atoms with Gasteiger partial charge in [0, 0.05) is 19.0 Å². The second-order valence-corrected chi connectivity index (χ2v) is 6.83. The number of benzene rings is 1. The number of carboxylic acid groups (broad SMARTS) is 1. The van der Waals surface area contributed by atoms with Crippen molar-refractivity contribution in [3.63, 3.8) is 0 Å². The molecule has 4 rings (SSSR count). The summed E-state index contributed by atoms with van der Waals surface area (Å²) in [4.78, 5) is 40.5. The Morgan fingerprint density at radius 1 is 1.31 bits per heavy atom. The van der Waals surface area contributed by atoms with E-state index >= 15 is 0 Å². The predicted molar refractivity (Wildman–Crippen MR) is 106 cm³/mol. The van der Waals surface area contributed by atoms with Gasteiger partial charge < -0.3 is 20.5 Å². The normalized spacial score (nSPS) is 13.3. The van der Waals surface area contributed by atoms with Crippen molar-refractivity contribution in [3.05, 3.63) is 40.2 Å². The number of aromatic amines is 1. The molecule has 29 heavy (non-hydrogen) atoms. The number of anilines is 3. The first-order chi connectivity index (χ1) is 13.9. The third-order valence-electron chi connectivity index (χ3n) is 4.73. The molecule has 4 N–H and O–H groups in total. The molecule has 1 aromatic carbocycles. The minimum absolute atomic E-state index is 0.00827. The molecular formula is C19H19N5O5. The van der Waals surface area contributed by atoms with E-state index in [2.05, 4.69) is 20.7 Å². The Morgan fingerprint density at radius 2 is 2.07 bits per heavy atom. The molecule has 1 aliphatic rings. The Labute approximate surface area is 164 Å². The van der Waals surface area contributed by atoms with Crippen molar-refractivity contribution in [2.24, 2.45) is 13.0 Å². The van der Waals surface area contributed by atoms with Crippen LogP contribution in [0.2, 0.25) is 0 Å². The molecule has 0 atom stereocenters. The number of amides is 1. The lowest BCUT2D eigenvalue weighted by Crippen LogP contribution is -2.15. The number of carboxylic acids is 1. The highest BCUT2D eigenvalue weighted by Crippen LogP contribution is 2.34. The van der Waals surface area contributed by atoms with Crippen LogP contribution >= 0.6 is 0 Å². The fourth-order valence-corrected chi connectivity index (χ4v) is 3.13. The number of carbonyl (C=O) groups excluding carboxylic acids is 1. The summed E-state index contributed by atoms with van der Waals surface area (Å²) in [6, 6.07) is 6.17. The van der Waals surface area contributed by atoms with Crippen molar-refractivity contribution in [1.29, 1.82) is 0 Å². The summed E-state index contributed by atoms with van der Waals surface area (Å²) in [5.41, 5.74) is 0.684. The number of ether oxygens (including phenoxy) is 1. The third-order valence-corrected chi connectivity index (χ3v) is 4.73. The smallest absolute Gasteiger partial charge is 0.339 e. The van der Waals surface area contributed by atoms with E-state index < -0.39 is 5.97 Å². The maximum atomic E-state index is 12.6. The number of nitrogens with one attached hydrogen (secondary N) is 3. The van der Waals surface area contributed by atoms with Crippen LogP contribution in [-0.4, -0.2) is 38.9 Å². The van der Waals surface area contributed by atoms with Crippen LogP contribution in [0.15, 0.2) is 29.1 Å². The van der Waals surface area contributed by atoms with Crippen LogP contribution < -0.4 is 20.9 Å². The molecule has 0 radical (unpaired) electrons. The Kier molecular flexibility index (Phi) is 4.45. The van der Waals surface area contributed by atoms with E-state index in [1.54, 1.807) is 25.2 Å². The molecule has 1 fully saturated rings. The second kappa shape index (κ2) is 6.97. The molecule has 10 nitrogen and oxygen atoms in total. The number of aromatic carboxylic acids is 1. The third kappa shape index (κ3) is 3.40. The molecular weight excluding hydrogens is 378 g/mol. The summed E-state index contributed by atoms with van der Waals surface area (Å²) in [5, 5.41) is 18.3. The number of para-hydroxylation sites is 1. The van der Waals surface area contributed by atoms with Gasteiger partial charge in [-0.25, -0.2) is 9.78 Å². The summed E-state index contributed by atoms with van der Waals surface area (Å²) in [5.74, 6) is -0.856. The van der Waals surface area contributed by atoms with Gasteiger partial charge >= 0.3 is 5.97 Å². The highest BCUT2D eigenvalue weighted by Gasteiger charge is 2.30. The topological polar surface area (TPSA) is 138 Å². The standard InChI is InChI=1S/C19H19N5O5/c1-24-18(26)14-12(20-11-5-3-4-10(19(27)28)15(11)29-2)8-13(21-16(14)23-24)22-17(25)9-6-7-9/h3-5,8-9H,6-7H2,1-2H3,(H,27,28)(H3,20,21,22,23,25). The average molecular weight is 397 g/mol. The van der Waals surface area contributed by atoms with Crippen LogP contribution in [0.25, 0.3) is 11.0 Å². The minimum atomic E-state index is -1.14. The van der Waals surface area contributed by atoms with E-state index in [1.807, 2.05) is 0 Å². The Balaban J connectivity index is 1.82. The van der Waals surface area contributed by atoms with Crippen LogP contribution in [0.3, 0.4) is 0 Å². The van der Waals surface area contributed by atoms with Crippen LogP contribution in [0.1, 0.15) is 23.2 Å². The molecule has 1 aliphatic carbocycles. The van der Waals surface area contributed by atoms with Crippen molar-refractivity contribution >= 4 is 40.1 Å². The number of hydrogen-bond donors (Lipinski definition) is 4. The van der Waals surface area contributed by atoms with Crippen molar-refractivity contribution in [2.75, 3.05) is 17.7 Å². The zero-order valence-electron chi connectivity index (χ0n) is 15.8. The highest BCUT2D eigenvalue weighted by atomic mass is 16.5. The van der Waals surface area contributed by atoms with Crippen LogP contribution in [0.4, 0.5) is 17.2 Å². The molecule has 0 spiro atoms. The quantitative estimate of drug-likeness (QED) is 0.499. The molecule has 150 valence electrons. The number of methoxy groups -OCH3 is 1. The molecule has 0 saturated heterocycles. The lowest BCUT2D eigenvalue weighted by Gasteiger charge is -2.14. The van der Waals surface area contributed by atoms with Gasteiger partial charge in [0.1, 0.15) is 16.8 Å². The number of pyridine rings is 1. The van der Waals surface area contributed by atoms with Crippen LogP contribution in [0.5, 0.6) is 5.75 Å². The monoisotopic (exact) mass is 397 g/mol. The van der Waals surface area contributed by atoms with E-state index in [1.165, 1.54) is 17.9 Å². The SMILES string of the molecule is COc1c(Nc2cc(NC(=O)C3CC3)nc3[nH]n(C)c(=O)c23)cccc1C(=O)O. The molecule has 1 saturated carbocycles. The average Bonchev–Trinajstić information content (AvgIpc) is 3.48. The number of carbonyl (C=O) groups is 2. The Hall–Kier alpha value is -3.82. The first-order valence-corrected chi connectivity index (χ1v) is 8.97. The van der Waals surface area contributed by atoms with Crippen molar-refractivity contribution in [1.82, 2.24) is 14.8 Å². The van der Waals surface area contributed by atoms with Gasteiger partial charge in [-0.1, -0.05) is 6.07 Å². The van der Waals surface area contributed by atoms with E-state index in [-0.39, 0.29) is 39.9 Å². The lowest BCUT2D eigenvalue weighted by molar-refractivity contribution is -0.117. The van der Waals surface area contributed by atoms with Crippen molar-refractivity contribution < 1.29 is 19.4 Å². The maximum absolute atomic E-state index is 12.6. The van der Waals surface area contributed by atoms with Crippen molar-refractivity contribution in [3.8, 4) is 5.75 Å². The zero-order valence-corrected chi connectivity index (χ0v) is 15.8. The Morgan fingerprint density at radius 3 is 2.72 bits per heavy atom. The molecule has 0 aliphatic heterocycles. The summed E-state index contributed by atoms with van der Waals surface area (Å²) in [6.07, 6.45) is 1.70. The van der Waals surface area contributed by atoms with Gasteiger partial charge in [0.2, 0.25) is 5.91 Å². The van der Waals surface area contributed by atoms with E-state index in [9.17, 15) is 19.5 Å². The highest BCUT2D eigenvalue weighted by molar-refractivity contribution is 5.99. The van der Waals surface area contributed by atoms with Gasteiger partial charge in [0.25, 0.3) is 5.56 Å². The van der Waals surface area contributed by atoms with E-state index in [0.717, 1.165) is 12.8 Å². The summed E-state index contributed by atoms with van der Waals surface area (Å²) >= 11 is 0. The largest absolute Gasteiger partial charge is 0.494 e. The molecule has 0 bridgehead atoms. The molecule has 2 aromatic heterocycles. The van der Waals surface area contributed by atoms with Crippen LogP contribution in [0, 0.1) is 5.92 Å². The van der Waals surface area contributed by atoms with Gasteiger partial charge in [-0.05, 0) is 25.0 Å². The fourth-order valence-electron chi connectivity index (χ4n) is 3.13. The molecule has 10 heteroatoms. The second-order valence-electron chi connectivity index (χ2n) is 6.83.